The molecule has 0 fully saturated rings. The van der Waals surface area contributed by atoms with Gasteiger partial charge in [0.25, 0.3) is 5.91 Å². The maximum Gasteiger partial charge on any atom is 0.407 e. The highest BCUT2D eigenvalue weighted by Crippen LogP contribution is 2.42. The third kappa shape index (κ3) is 4.42. The van der Waals surface area contributed by atoms with Crippen LogP contribution in [-0.4, -0.2) is 41.6 Å². The minimum absolute atomic E-state index is 0.132. The quantitative estimate of drug-likeness (QED) is 0.709. The molecule has 3 rings (SSSR count). The molecule has 0 aromatic carbocycles. The lowest BCUT2D eigenvalue weighted by Crippen LogP contribution is -2.35. The second kappa shape index (κ2) is 9.15. The van der Waals surface area contributed by atoms with Crippen molar-refractivity contribution < 1.29 is 14.3 Å². The number of alkyl carbamates (subject to hydrolysis) is 1. The SMILES string of the molecule is CCOC(=O)NCCN1Cc2nc(C)c(CN)c([C@@H]3CC=C(Cl)C=C3Cl)c2C1=O. The van der Waals surface area contributed by atoms with Crippen molar-refractivity contribution in [3.05, 3.63) is 50.3 Å². The van der Waals surface area contributed by atoms with E-state index in [9.17, 15) is 9.59 Å². The number of carbonyl (C=O) groups excluding carboxylic acids is 2. The standard InChI is InChI=1S/C20H24Cl2N4O3/c1-3-29-20(28)24-6-7-26-10-16-18(19(26)27)17(14(9-23)11(2)25-16)13-5-4-12(21)8-15(13)22/h4,8,13H,3,5-7,9-10,23H2,1-2H3,(H,24,28)/t13-/m1/s1. The Kier molecular flexibility index (Phi) is 6.82. The number of hydrogen-bond donors (Lipinski definition) is 2. The van der Waals surface area contributed by atoms with Crippen LogP contribution >= 0.6 is 23.2 Å². The van der Waals surface area contributed by atoms with Crippen LogP contribution in [0, 0.1) is 6.92 Å². The van der Waals surface area contributed by atoms with Crippen molar-refractivity contribution >= 4 is 35.2 Å². The Labute approximate surface area is 179 Å². The molecule has 0 saturated carbocycles. The fraction of sp³-hybridized carbons (Fsp3) is 0.450. The number of allylic oxidation sites excluding steroid dienone is 4. The van der Waals surface area contributed by atoms with E-state index >= 15 is 0 Å². The molecule has 2 aliphatic rings. The maximum atomic E-state index is 13.2. The molecule has 1 aromatic rings. The van der Waals surface area contributed by atoms with Gasteiger partial charge in [0.05, 0.1) is 24.4 Å². The van der Waals surface area contributed by atoms with Crippen LogP contribution in [0.1, 0.15) is 52.1 Å². The minimum atomic E-state index is -0.500. The molecule has 0 radical (unpaired) electrons. The number of halogens is 2. The summed E-state index contributed by atoms with van der Waals surface area (Å²) in [7, 11) is 0. The van der Waals surface area contributed by atoms with Crippen molar-refractivity contribution in [1.82, 2.24) is 15.2 Å². The van der Waals surface area contributed by atoms with Crippen molar-refractivity contribution in [2.75, 3.05) is 19.7 Å². The van der Waals surface area contributed by atoms with Crippen molar-refractivity contribution in [3.8, 4) is 0 Å². The number of nitrogens with one attached hydrogen (secondary N) is 1. The van der Waals surface area contributed by atoms with E-state index in [1.807, 2.05) is 13.0 Å². The first-order valence-electron chi connectivity index (χ1n) is 9.52. The summed E-state index contributed by atoms with van der Waals surface area (Å²) in [5, 5.41) is 3.80. The molecule has 1 aromatic heterocycles. The third-order valence-corrected chi connectivity index (χ3v) is 5.74. The van der Waals surface area contributed by atoms with Gasteiger partial charge in [0.15, 0.2) is 0 Å². The number of nitrogens with two attached hydrogens (primary N) is 1. The van der Waals surface area contributed by atoms with Crippen LogP contribution < -0.4 is 11.1 Å². The molecule has 1 aliphatic carbocycles. The number of nitrogens with zero attached hydrogens (tertiary/aromatic N) is 2. The molecule has 3 N–H and O–H groups in total. The van der Waals surface area contributed by atoms with Crippen LogP contribution in [0.25, 0.3) is 0 Å². The lowest BCUT2D eigenvalue weighted by molar-refractivity contribution is 0.0775. The topological polar surface area (TPSA) is 97.6 Å². The molecule has 2 amide bonds. The fourth-order valence-corrected chi connectivity index (χ4v) is 4.36. The molecular weight excluding hydrogens is 415 g/mol. The average molecular weight is 439 g/mol. The highest BCUT2D eigenvalue weighted by Gasteiger charge is 2.36. The molecule has 2 heterocycles. The monoisotopic (exact) mass is 438 g/mol. The summed E-state index contributed by atoms with van der Waals surface area (Å²) >= 11 is 12.6. The molecule has 7 nitrogen and oxygen atoms in total. The first-order chi connectivity index (χ1) is 13.9. The first-order valence-corrected chi connectivity index (χ1v) is 10.3. The number of hydrogen-bond acceptors (Lipinski definition) is 5. The predicted octanol–water partition coefficient (Wildman–Crippen LogP) is 3.28. The van der Waals surface area contributed by atoms with Crippen LogP contribution in [0.4, 0.5) is 4.79 Å². The van der Waals surface area contributed by atoms with Gasteiger partial charge < -0.3 is 20.7 Å². The highest BCUT2D eigenvalue weighted by atomic mass is 35.5. The summed E-state index contributed by atoms with van der Waals surface area (Å²) in [6, 6.07) is 0. The Morgan fingerprint density at radius 1 is 1.45 bits per heavy atom. The predicted molar refractivity (Wildman–Crippen MR) is 112 cm³/mol. The molecule has 9 heteroatoms. The Morgan fingerprint density at radius 3 is 2.86 bits per heavy atom. The molecule has 0 spiro atoms. The number of aromatic nitrogens is 1. The van der Waals surface area contributed by atoms with Gasteiger partial charge in [-0.05, 0) is 37.5 Å². The summed E-state index contributed by atoms with van der Waals surface area (Å²) in [6.45, 7) is 5.20. The summed E-state index contributed by atoms with van der Waals surface area (Å²) < 4.78 is 4.84. The van der Waals surface area contributed by atoms with Crippen molar-refractivity contribution in [3.63, 3.8) is 0 Å². The van der Waals surface area contributed by atoms with Gasteiger partial charge in [-0.3, -0.25) is 9.78 Å². The largest absolute Gasteiger partial charge is 0.450 e. The molecule has 29 heavy (non-hydrogen) atoms. The Hall–Kier alpha value is -2.09. The number of ether oxygens (including phenoxy) is 1. The molecule has 0 saturated heterocycles. The van der Waals surface area contributed by atoms with Crippen LogP contribution in [0.2, 0.25) is 0 Å². The van der Waals surface area contributed by atoms with Gasteiger partial charge in [-0.2, -0.15) is 0 Å². The molecule has 1 atom stereocenters. The van der Waals surface area contributed by atoms with Crippen LogP contribution in [0.5, 0.6) is 0 Å². The average Bonchev–Trinajstić information content (AvgIpc) is 2.96. The fourth-order valence-electron chi connectivity index (χ4n) is 3.78. The van der Waals surface area contributed by atoms with E-state index in [2.05, 4.69) is 10.3 Å². The number of fused-ring (bicyclic) bond motifs is 1. The van der Waals surface area contributed by atoms with E-state index in [-0.39, 0.29) is 18.4 Å². The highest BCUT2D eigenvalue weighted by molar-refractivity contribution is 6.35. The van der Waals surface area contributed by atoms with Gasteiger partial charge >= 0.3 is 6.09 Å². The molecular formula is C20H24Cl2N4O3. The van der Waals surface area contributed by atoms with Gasteiger partial charge in [0, 0.05) is 41.3 Å². The summed E-state index contributed by atoms with van der Waals surface area (Å²) in [6.07, 6.45) is 3.69. The number of rotatable bonds is 6. The Morgan fingerprint density at radius 2 is 2.21 bits per heavy atom. The summed E-state index contributed by atoms with van der Waals surface area (Å²) in [4.78, 5) is 31.0. The van der Waals surface area contributed by atoms with Gasteiger partial charge in [-0.15, -0.1) is 0 Å². The normalized spacial score (nSPS) is 18.3. The summed E-state index contributed by atoms with van der Waals surface area (Å²) in [5.74, 6) is -0.317. The Balaban J connectivity index is 1.89. The van der Waals surface area contributed by atoms with Crippen molar-refractivity contribution in [2.24, 2.45) is 5.73 Å². The zero-order chi connectivity index (χ0) is 21.1. The van der Waals surface area contributed by atoms with Crippen LogP contribution in [0.15, 0.2) is 22.2 Å². The van der Waals surface area contributed by atoms with E-state index in [4.69, 9.17) is 33.7 Å². The van der Waals surface area contributed by atoms with E-state index in [0.29, 0.717) is 54.0 Å². The van der Waals surface area contributed by atoms with E-state index in [1.165, 1.54) is 0 Å². The minimum Gasteiger partial charge on any atom is -0.450 e. The Bertz CT molecular complexity index is 898. The molecule has 1 aliphatic heterocycles. The number of aryl methyl sites for hydroxylation is 1. The zero-order valence-electron chi connectivity index (χ0n) is 16.4. The lowest BCUT2D eigenvalue weighted by atomic mass is 9.84. The second-order valence-corrected chi connectivity index (χ2v) is 7.77. The van der Waals surface area contributed by atoms with Gasteiger partial charge in [0.2, 0.25) is 0 Å². The molecule has 0 bridgehead atoms. The zero-order valence-corrected chi connectivity index (χ0v) is 17.9. The van der Waals surface area contributed by atoms with Gasteiger partial charge in [-0.1, -0.05) is 29.3 Å². The first kappa shape index (κ1) is 21.6. The lowest BCUT2D eigenvalue weighted by Gasteiger charge is -2.24. The van der Waals surface area contributed by atoms with Crippen molar-refractivity contribution in [2.45, 2.75) is 39.3 Å². The van der Waals surface area contributed by atoms with E-state index in [1.54, 1.807) is 17.9 Å². The number of pyridine rings is 1. The molecule has 156 valence electrons. The molecule has 0 unspecified atom stereocenters. The van der Waals surface area contributed by atoms with Crippen LogP contribution in [0.3, 0.4) is 0 Å². The maximum absolute atomic E-state index is 13.2. The summed E-state index contributed by atoms with van der Waals surface area (Å²) in [5.41, 5.74) is 9.76. The van der Waals surface area contributed by atoms with E-state index in [0.717, 1.165) is 16.8 Å². The third-order valence-electron chi connectivity index (χ3n) is 5.10. The van der Waals surface area contributed by atoms with Crippen LogP contribution in [-0.2, 0) is 17.8 Å². The number of amides is 2. The van der Waals surface area contributed by atoms with Crippen molar-refractivity contribution in [1.29, 1.82) is 0 Å². The number of carbonyl (C=O) groups is 2. The second-order valence-electron chi connectivity index (χ2n) is 6.90. The smallest absolute Gasteiger partial charge is 0.407 e. The van der Waals surface area contributed by atoms with Gasteiger partial charge in [0.1, 0.15) is 0 Å². The van der Waals surface area contributed by atoms with E-state index < -0.39 is 6.09 Å². The van der Waals surface area contributed by atoms with Gasteiger partial charge in [-0.25, -0.2) is 4.79 Å².